The monoisotopic (exact) mass is 261 g/mol. The summed E-state index contributed by atoms with van der Waals surface area (Å²) in [5.41, 5.74) is 2.27. The minimum Gasteiger partial charge on any atom is -0.306 e. The van der Waals surface area contributed by atoms with E-state index in [0.717, 1.165) is 29.5 Å². The molecule has 1 saturated carbocycles. The lowest BCUT2D eigenvalue weighted by Crippen LogP contribution is -2.43. The zero-order chi connectivity index (χ0) is 12.4. The number of nitrogens with one attached hydrogen (secondary N) is 1. The third-order valence-corrected chi connectivity index (χ3v) is 5.07. The number of thioether (sulfide) groups is 1. The molecule has 1 aliphatic heterocycles. The minimum atomic E-state index is 0.0123. The van der Waals surface area contributed by atoms with E-state index in [2.05, 4.69) is 17.4 Å². The molecule has 1 aromatic carbocycles. The molecule has 1 N–H and O–H groups in total. The molecule has 1 saturated heterocycles. The van der Waals surface area contributed by atoms with Gasteiger partial charge in [0.05, 0.1) is 6.04 Å². The van der Waals surface area contributed by atoms with Crippen molar-refractivity contribution >= 4 is 17.5 Å². The van der Waals surface area contributed by atoms with Crippen molar-refractivity contribution in [3.63, 3.8) is 0 Å². The zero-order valence-corrected chi connectivity index (χ0v) is 11.3. The van der Waals surface area contributed by atoms with Crippen molar-refractivity contribution in [3.8, 4) is 0 Å². The molecule has 0 aromatic heterocycles. The molecule has 1 atom stereocenters. The van der Waals surface area contributed by atoms with E-state index in [0.29, 0.717) is 0 Å². The number of benzene rings is 1. The molecule has 2 aliphatic rings. The first-order valence-corrected chi connectivity index (χ1v) is 7.95. The highest BCUT2D eigenvalue weighted by Crippen LogP contribution is 2.36. The summed E-state index contributed by atoms with van der Waals surface area (Å²) in [6, 6.07) is 8.33. The number of hydrogen-bond acceptors (Lipinski definition) is 3. The highest BCUT2D eigenvalue weighted by Gasteiger charge is 2.23. The van der Waals surface area contributed by atoms with Gasteiger partial charge in [-0.05, 0) is 24.3 Å². The fraction of sp³-hybridized carbons (Fsp3) is 0.533. The van der Waals surface area contributed by atoms with Gasteiger partial charge in [0, 0.05) is 23.6 Å². The Kier molecular flexibility index (Phi) is 3.71. The lowest BCUT2D eigenvalue weighted by atomic mass is 9.80. The predicted octanol–water partition coefficient (Wildman–Crippen LogP) is 2.84. The normalized spacial score (nSPS) is 24.6. The summed E-state index contributed by atoms with van der Waals surface area (Å²) >= 11 is 1.86. The molecule has 0 bridgehead atoms. The second-order valence-corrected chi connectivity index (χ2v) is 6.35. The Bertz CT molecular complexity index is 419. The number of carbonyl (C=O) groups is 1. The van der Waals surface area contributed by atoms with E-state index in [1.165, 1.54) is 24.8 Å². The van der Waals surface area contributed by atoms with Crippen LogP contribution in [0.5, 0.6) is 0 Å². The Morgan fingerprint density at radius 2 is 2.00 bits per heavy atom. The molecule has 1 unspecified atom stereocenters. The number of rotatable bonds is 3. The Labute approximate surface area is 113 Å². The van der Waals surface area contributed by atoms with Crippen molar-refractivity contribution in [2.75, 3.05) is 18.1 Å². The highest BCUT2D eigenvalue weighted by atomic mass is 32.2. The molecule has 0 radical (unpaired) electrons. The third kappa shape index (κ3) is 2.47. The van der Waals surface area contributed by atoms with Gasteiger partial charge in [-0.3, -0.25) is 4.79 Å². The number of carbonyl (C=O) groups excluding carboxylic acids is 1. The van der Waals surface area contributed by atoms with Crippen LogP contribution in [0.1, 0.15) is 41.1 Å². The maximum Gasteiger partial charge on any atom is 0.180 e. The van der Waals surface area contributed by atoms with Gasteiger partial charge in [0.1, 0.15) is 0 Å². The SMILES string of the molecule is O=C(c1ccc(C2CCC2)cc1)C1CSCCN1. The molecule has 96 valence electrons. The average molecular weight is 261 g/mol. The van der Waals surface area contributed by atoms with Crippen molar-refractivity contribution < 1.29 is 4.79 Å². The molecule has 2 fully saturated rings. The maximum absolute atomic E-state index is 12.3. The largest absolute Gasteiger partial charge is 0.306 e. The molecule has 1 aromatic rings. The molecule has 2 nitrogen and oxygen atoms in total. The smallest absolute Gasteiger partial charge is 0.180 e. The van der Waals surface area contributed by atoms with E-state index in [1.54, 1.807) is 0 Å². The van der Waals surface area contributed by atoms with Crippen molar-refractivity contribution in [1.29, 1.82) is 0 Å². The zero-order valence-electron chi connectivity index (χ0n) is 10.5. The van der Waals surface area contributed by atoms with Crippen LogP contribution < -0.4 is 5.32 Å². The summed E-state index contributed by atoms with van der Waals surface area (Å²) < 4.78 is 0. The van der Waals surface area contributed by atoms with Crippen LogP contribution in [0.3, 0.4) is 0 Å². The van der Waals surface area contributed by atoms with Gasteiger partial charge in [0.25, 0.3) is 0 Å². The summed E-state index contributed by atoms with van der Waals surface area (Å²) in [7, 11) is 0. The highest BCUT2D eigenvalue weighted by molar-refractivity contribution is 7.99. The van der Waals surface area contributed by atoms with E-state index in [-0.39, 0.29) is 11.8 Å². The average Bonchev–Trinajstić information content (AvgIpc) is 2.38. The van der Waals surface area contributed by atoms with E-state index in [4.69, 9.17) is 0 Å². The van der Waals surface area contributed by atoms with Crippen molar-refractivity contribution in [2.45, 2.75) is 31.2 Å². The molecule has 3 heteroatoms. The van der Waals surface area contributed by atoms with Crippen LogP contribution in [-0.4, -0.2) is 29.9 Å². The Morgan fingerprint density at radius 3 is 2.56 bits per heavy atom. The summed E-state index contributed by atoms with van der Waals surface area (Å²) in [6.07, 6.45) is 3.98. The molecule has 1 heterocycles. The van der Waals surface area contributed by atoms with Crippen LogP contribution in [0.25, 0.3) is 0 Å². The van der Waals surface area contributed by atoms with Gasteiger partial charge >= 0.3 is 0 Å². The molecule has 3 rings (SSSR count). The summed E-state index contributed by atoms with van der Waals surface area (Å²) in [5.74, 6) is 3.02. The van der Waals surface area contributed by atoms with E-state index >= 15 is 0 Å². The first kappa shape index (κ1) is 12.2. The van der Waals surface area contributed by atoms with E-state index < -0.39 is 0 Å². The predicted molar refractivity (Wildman–Crippen MR) is 76.5 cm³/mol. The van der Waals surface area contributed by atoms with Crippen LogP contribution in [-0.2, 0) is 0 Å². The van der Waals surface area contributed by atoms with Gasteiger partial charge in [-0.1, -0.05) is 30.7 Å². The second kappa shape index (κ2) is 5.45. The number of ketones is 1. The summed E-state index contributed by atoms with van der Waals surface area (Å²) in [6.45, 7) is 0.946. The van der Waals surface area contributed by atoms with Gasteiger partial charge in [-0.15, -0.1) is 0 Å². The van der Waals surface area contributed by atoms with Crippen LogP contribution in [0, 0.1) is 0 Å². The van der Waals surface area contributed by atoms with Crippen LogP contribution in [0.4, 0.5) is 0 Å². The molecule has 1 aliphatic carbocycles. The van der Waals surface area contributed by atoms with Crippen molar-refractivity contribution in [2.24, 2.45) is 0 Å². The summed E-state index contributed by atoms with van der Waals surface area (Å²) in [4.78, 5) is 12.3. The quantitative estimate of drug-likeness (QED) is 0.848. The third-order valence-electron chi connectivity index (χ3n) is 4.01. The van der Waals surface area contributed by atoms with Crippen molar-refractivity contribution in [3.05, 3.63) is 35.4 Å². The van der Waals surface area contributed by atoms with Crippen LogP contribution in [0.2, 0.25) is 0 Å². The fourth-order valence-electron chi connectivity index (χ4n) is 2.60. The lowest BCUT2D eigenvalue weighted by Gasteiger charge is -2.26. The van der Waals surface area contributed by atoms with Gasteiger partial charge < -0.3 is 5.32 Å². The van der Waals surface area contributed by atoms with Gasteiger partial charge in [0.2, 0.25) is 0 Å². The Morgan fingerprint density at radius 1 is 1.22 bits per heavy atom. The first-order valence-electron chi connectivity index (χ1n) is 6.80. The van der Waals surface area contributed by atoms with Gasteiger partial charge in [-0.2, -0.15) is 11.8 Å². The molecular weight excluding hydrogens is 242 g/mol. The topological polar surface area (TPSA) is 29.1 Å². The Hall–Kier alpha value is -0.800. The van der Waals surface area contributed by atoms with Crippen LogP contribution in [0.15, 0.2) is 24.3 Å². The first-order chi connectivity index (χ1) is 8.84. The van der Waals surface area contributed by atoms with Crippen molar-refractivity contribution in [1.82, 2.24) is 5.32 Å². The van der Waals surface area contributed by atoms with Crippen LogP contribution >= 0.6 is 11.8 Å². The second-order valence-electron chi connectivity index (χ2n) is 5.20. The number of hydrogen-bond donors (Lipinski definition) is 1. The molecule has 18 heavy (non-hydrogen) atoms. The molecule has 0 spiro atoms. The number of Topliss-reactive ketones (excluding diaryl/α,β-unsaturated/α-hetero) is 1. The van der Waals surface area contributed by atoms with Gasteiger partial charge in [-0.25, -0.2) is 0 Å². The summed E-state index contributed by atoms with van der Waals surface area (Å²) in [5, 5.41) is 3.31. The maximum atomic E-state index is 12.3. The minimum absolute atomic E-state index is 0.0123. The Balaban J connectivity index is 1.69. The lowest BCUT2D eigenvalue weighted by molar-refractivity contribution is 0.0953. The van der Waals surface area contributed by atoms with Gasteiger partial charge in [0.15, 0.2) is 5.78 Å². The molecule has 0 amide bonds. The molecular formula is C15H19NOS. The fourth-order valence-corrected chi connectivity index (χ4v) is 3.53. The van der Waals surface area contributed by atoms with E-state index in [1.807, 2.05) is 23.9 Å². The van der Waals surface area contributed by atoms with E-state index in [9.17, 15) is 4.79 Å². The standard InChI is InChI=1S/C15H19NOS/c17-15(14-10-18-9-8-16-14)13-6-4-12(5-7-13)11-2-1-3-11/h4-7,11,14,16H,1-3,8-10H2.